The Balaban J connectivity index is 3.19. The average molecular weight is 200 g/mol. The fourth-order valence-corrected chi connectivity index (χ4v) is 1.57. The maximum absolute atomic E-state index is 5.45. The highest BCUT2D eigenvalue weighted by atomic mass is 16.5. The van der Waals surface area contributed by atoms with Gasteiger partial charge in [-0.2, -0.15) is 0 Å². The van der Waals surface area contributed by atoms with Gasteiger partial charge in [-0.1, -0.05) is 26.0 Å². The van der Waals surface area contributed by atoms with Crippen LogP contribution in [0.15, 0.2) is 30.3 Å². The number of hydrogen-bond acceptors (Lipinski definition) is 1. The molecule has 0 unspecified atom stereocenters. The molecule has 0 bridgehead atoms. The van der Waals surface area contributed by atoms with Crippen LogP contribution in [0.4, 0.5) is 0 Å². The Labute approximate surface area is 93.6 Å². The summed E-state index contributed by atoms with van der Waals surface area (Å²) in [5.74, 6) is 2.48. The van der Waals surface area contributed by atoms with E-state index in [0.717, 1.165) is 5.75 Å². The first kappa shape index (κ1) is 11.9. The second-order valence-electron chi connectivity index (χ2n) is 4.32. The van der Waals surface area contributed by atoms with Crippen LogP contribution in [0, 0.1) is 6.92 Å². The molecule has 1 aromatic rings. The zero-order valence-corrected chi connectivity index (χ0v) is 9.87. The van der Waals surface area contributed by atoms with Crippen molar-refractivity contribution < 1.29 is 4.74 Å². The third kappa shape index (κ3) is 2.88. The van der Waals surface area contributed by atoms with Gasteiger partial charge in [0, 0.05) is 5.41 Å². The smallest absolute Gasteiger partial charge is 0.119 e. The van der Waals surface area contributed by atoms with Crippen molar-refractivity contribution >= 4 is 7.85 Å². The number of methoxy groups -OCH3 is 1. The van der Waals surface area contributed by atoms with E-state index in [1.807, 2.05) is 18.2 Å². The third-order valence-corrected chi connectivity index (χ3v) is 2.54. The van der Waals surface area contributed by atoms with Crippen molar-refractivity contribution in [3.63, 3.8) is 0 Å². The molecule has 0 aromatic heterocycles. The molecular formula is C13H17BO. The van der Waals surface area contributed by atoms with Crippen molar-refractivity contribution in [1.29, 1.82) is 0 Å². The molecule has 1 aromatic carbocycles. The summed E-state index contributed by atoms with van der Waals surface area (Å²) in [5, 5.41) is 0. The van der Waals surface area contributed by atoms with Crippen LogP contribution in [-0.2, 0) is 5.41 Å². The molecule has 0 N–H and O–H groups in total. The number of allylic oxidation sites excluding steroid dienone is 1. The second kappa shape index (κ2) is 4.56. The van der Waals surface area contributed by atoms with E-state index in [0.29, 0.717) is 0 Å². The van der Waals surface area contributed by atoms with Gasteiger partial charge in [0.25, 0.3) is 0 Å². The molecule has 0 aliphatic heterocycles. The highest BCUT2D eigenvalue weighted by Gasteiger charge is 2.17. The molecule has 2 heteroatoms. The van der Waals surface area contributed by atoms with Crippen LogP contribution >= 0.6 is 0 Å². The Morgan fingerprint density at radius 2 is 1.93 bits per heavy atom. The number of hydrogen-bond donors (Lipinski definition) is 0. The Bertz CT molecular complexity index is 367. The molecule has 2 radical (unpaired) electrons. The van der Waals surface area contributed by atoms with E-state index in [4.69, 9.17) is 12.6 Å². The van der Waals surface area contributed by atoms with Gasteiger partial charge in [0.15, 0.2) is 0 Å². The van der Waals surface area contributed by atoms with Crippen molar-refractivity contribution in [3.8, 4) is 5.75 Å². The summed E-state index contributed by atoms with van der Waals surface area (Å²) in [6.07, 6.45) is 1.99. The van der Waals surface area contributed by atoms with Gasteiger partial charge in [-0.3, -0.25) is 0 Å². The van der Waals surface area contributed by atoms with Gasteiger partial charge in [-0.25, -0.2) is 0 Å². The minimum atomic E-state index is -0.0615. The molecule has 0 aliphatic carbocycles. The van der Waals surface area contributed by atoms with Crippen LogP contribution in [0.3, 0.4) is 0 Å². The van der Waals surface area contributed by atoms with Crippen LogP contribution in [0.2, 0.25) is 0 Å². The summed E-state index contributed by atoms with van der Waals surface area (Å²) < 4.78 is 5.25. The maximum Gasteiger partial charge on any atom is 0.119 e. The number of aryl methyl sites for hydroxylation is 1. The lowest BCUT2D eigenvalue weighted by atomic mass is 9.82. The average Bonchev–Trinajstić information content (AvgIpc) is 2.16. The number of rotatable bonds is 3. The standard InChI is InChI=1S/C13H17BO/c1-10-7-11(9-12(8-10)15-4)13(2,3)5-6-14/h5-9H,1-4H3/b6-5-. The first-order valence-electron chi connectivity index (χ1n) is 5.05. The molecule has 0 spiro atoms. The minimum Gasteiger partial charge on any atom is -0.497 e. The summed E-state index contributed by atoms with van der Waals surface area (Å²) in [6.45, 7) is 6.32. The second-order valence-corrected chi connectivity index (χ2v) is 4.32. The molecule has 1 nitrogen and oxygen atoms in total. The van der Waals surface area contributed by atoms with Crippen molar-refractivity contribution in [3.05, 3.63) is 41.4 Å². The highest BCUT2D eigenvalue weighted by Crippen LogP contribution is 2.28. The molecule has 0 amide bonds. The van der Waals surface area contributed by atoms with Crippen LogP contribution in [-0.4, -0.2) is 15.0 Å². The van der Waals surface area contributed by atoms with Crippen molar-refractivity contribution in [2.24, 2.45) is 0 Å². The van der Waals surface area contributed by atoms with E-state index in [1.54, 1.807) is 13.1 Å². The maximum atomic E-state index is 5.45. The fraction of sp³-hybridized carbons (Fsp3) is 0.385. The number of ether oxygens (including phenoxy) is 1. The SMILES string of the molecule is [B]/C=C\C(C)(C)c1cc(C)cc(OC)c1. The first-order valence-corrected chi connectivity index (χ1v) is 5.05. The van der Waals surface area contributed by atoms with E-state index in [9.17, 15) is 0 Å². The summed E-state index contributed by atoms with van der Waals surface area (Å²) in [7, 11) is 7.13. The monoisotopic (exact) mass is 200 g/mol. The first-order chi connectivity index (χ1) is 6.99. The Morgan fingerprint density at radius 3 is 2.47 bits per heavy atom. The molecule has 0 atom stereocenters. The van der Waals surface area contributed by atoms with Gasteiger partial charge in [0.05, 0.1) is 7.11 Å². The van der Waals surface area contributed by atoms with Crippen molar-refractivity contribution in [2.75, 3.05) is 7.11 Å². The molecule has 0 fully saturated rings. The van der Waals surface area contributed by atoms with Crippen LogP contribution < -0.4 is 4.74 Å². The van der Waals surface area contributed by atoms with Gasteiger partial charge in [-0.05, 0) is 30.2 Å². The molecule has 0 saturated heterocycles. The van der Waals surface area contributed by atoms with Gasteiger partial charge >= 0.3 is 0 Å². The zero-order chi connectivity index (χ0) is 11.5. The topological polar surface area (TPSA) is 9.23 Å². The fourth-order valence-electron chi connectivity index (χ4n) is 1.57. The summed E-state index contributed by atoms with van der Waals surface area (Å²) >= 11 is 0. The molecular weight excluding hydrogens is 183 g/mol. The van der Waals surface area contributed by atoms with E-state index < -0.39 is 0 Å². The Morgan fingerprint density at radius 1 is 1.27 bits per heavy atom. The predicted molar refractivity (Wildman–Crippen MR) is 65.7 cm³/mol. The van der Waals surface area contributed by atoms with E-state index in [2.05, 4.69) is 26.8 Å². The van der Waals surface area contributed by atoms with Gasteiger partial charge in [0.1, 0.15) is 13.6 Å². The van der Waals surface area contributed by atoms with Crippen LogP contribution in [0.5, 0.6) is 5.75 Å². The molecule has 0 heterocycles. The van der Waals surface area contributed by atoms with E-state index >= 15 is 0 Å². The normalized spacial score (nSPS) is 12.0. The van der Waals surface area contributed by atoms with Crippen LogP contribution in [0.25, 0.3) is 0 Å². The highest BCUT2D eigenvalue weighted by molar-refractivity contribution is 6.17. The summed E-state index contributed by atoms with van der Waals surface area (Å²) in [4.78, 5) is 0. The molecule has 0 saturated carbocycles. The minimum absolute atomic E-state index is 0.0615. The van der Waals surface area contributed by atoms with Crippen molar-refractivity contribution in [2.45, 2.75) is 26.2 Å². The lowest BCUT2D eigenvalue weighted by Crippen LogP contribution is -2.13. The quantitative estimate of drug-likeness (QED) is 0.681. The largest absolute Gasteiger partial charge is 0.497 e. The molecule has 1 rings (SSSR count). The Hall–Kier alpha value is -1.18. The summed E-state index contributed by atoms with van der Waals surface area (Å²) in [6, 6.07) is 6.22. The van der Waals surface area contributed by atoms with Crippen LogP contribution in [0.1, 0.15) is 25.0 Å². The summed E-state index contributed by atoms with van der Waals surface area (Å²) in [5.41, 5.74) is 2.34. The Kier molecular flexibility index (Phi) is 3.62. The number of benzene rings is 1. The third-order valence-electron chi connectivity index (χ3n) is 2.54. The molecule has 0 aliphatic rings. The molecule has 15 heavy (non-hydrogen) atoms. The van der Waals surface area contributed by atoms with Gasteiger partial charge in [0.2, 0.25) is 0 Å². The lowest BCUT2D eigenvalue weighted by molar-refractivity contribution is 0.413. The van der Waals surface area contributed by atoms with E-state index in [-0.39, 0.29) is 5.41 Å². The van der Waals surface area contributed by atoms with E-state index in [1.165, 1.54) is 11.1 Å². The predicted octanol–water partition coefficient (Wildman–Crippen LogP) is 2.96. The molecule has 78 valence electrons. The van der Waals surface area contributed by atoms with Crippen molar-refractivity contribution in [1.82, 2.24) is 0 Å². The zero-order valence-electron chi connectivity index (χ0n) is 9.87. The van der Waals surface area contributed by atoms with Gasteiger partial charge < -0.3 is 4.74 Å². The lowest BCUT2D eigenvalue weighted by Gasteiger charge is -2.22. The van der Waals surface area contributed by atoms with Gasteiger partial charge in [-0.15, -0.1) is 5.98 Å².